The molecule has 2 heterocycles. The van der Waals surface area contributed by atoms with Gasteiger partial charge in [-0.1, -0.05) is 18.3 Å². The van der Waals surface area contributed by atoms with Crippen LogP contribution in [0.3, 0.4) is 0 Å². The van der Waals surface area contributed by atoms with Crippen molar-refractivity contribution in [1.82, 2.24) is 20.4 Å². The first-order chi connectivity index (χ1) is 9.29. The molecule has 2 rings (SSSR count). The van der Waals surface area contributed by atoms with Crippen LogP contribution in [0.1, 0.15) is 37.6 Å². The molecule has 19 heavy (non-hydrogen) atoms. The van der Waals surface area contributed by atoms with Gasteiger partial charge < -0.3 is 15.0 Å². The lowest BCUT2D eigenvalue weighted by Crippen LogP contribution is -2.26. The topological polar surface area (TPSA) is 50.3 Å². The van der Waals surface area contributed by atoms with E-state index in [-0.39, 0.29) is 0 Å². The fourth-order valence-corrected chi connectivity index (χ4v) is 3.05. The quantitative estimate of drug-likeness (QED) is 0.739. The molecule has 5 nitrogen and oxygen atoms in total. The van der Waals surface area contributed by atoms with E-state index in [4.69, 9.17) is 4.74 Å². The fraction of sp³-hybridized carbons (Fsp3) is 0.846. The Labute approximate surface area is 119 Å². The summed E-state index contributed by atoms with van der Waals surface area (Å²) in [7, 11) is 2.19. The van der Waals surface area contributed by atoms with Gasteiger partial charge in [0.15, 0.2) is 0 Å². The second kappa shape index (κ2) is 7.77. The Balaban J connectivity index is 1.65. The summed E-state index contributed by atoms with van der Waals surface area (Å²) in [6.07, 6.45) is 4.83. The van der Waals surface area contributed by atoms with Crippen molar-refractivity contribution >= 4 is 11.3 Å². The van der Waals surface area contributed by atoms with Crippen molar-refractivity contribution in [1.29, 1.82) is 0 Å². The molecule has 0 bridgehead atoms. The number of hydrogen-bond donors (Lipinski definition) is 1. The monoisotopic (exact) mass is 284 g/mol. The Kier molecular flexibility index (Phi) is 6.00. The first-order valence-corrected chi connectivity index (χ1v) is 7.97. The molecule has 0 radical (unpaired) electrons. The molecule has 1 fully saturated rings. The van der Waals surface area contributed by atoms with Crippen LogP contribution in [0, 0.1) is 0 Å². The molecule has 1 aromatic heterocycles. The predicted molar refractivity (Wildman–Crippen MR) is 77.7 cm³/mol. The van der Waals surface area contributed by atoms with Gasteiger partial charge in [0.25, 0.3) is 5.19 Å². The van der Waals surface area contributed by atoms with Crippen molar-refractivity contribution in [2.24, 2.45) is 0 Å². The summed E-state index contributed by atoms with van der Waals surface area (Å²) in [5, 5.41) is 13.2. The second-order valence-corrected chi connectivity index (χ2v) is 6.08. The number of aromatic nitrogens is 2. The molecule has 6 heteroatoms. The molecular weight excluding hydrogens is 260 g/mol. The van der Waals surface area contributed by atoms with E-state index in [0.29, 0.717) is 11.2 Å². The van der Waals surface area contributed by atoms with E-state index >= 15 is 0 Å². The van der Waals surface area contributed by atoms with Crippen molar-refractivity contribution in [3.63, 3.8) is 0 Å². The van der Waals surface area contributed by atoms with Gasteiger partial charge in [-0.05, 0) is 45.8 Å². The van der Waals surface area contributed by atoms with Gasteiger partial charge in [-0.25, -0.2) is 0 Å². The zero-order chi connectivity index (χ0) is 13.5. The van der Waals surface area contributed by atoms with E-state index < -0.39 is 0 Å². The largest absolute Gasteiger partial charge is 0.469 e. The average Bonchev–Trinajstić information content (AvgIpc) is 3.00. The van der Waals surface area contributed by atoms with Gasteiger partial charge in [-0.2, -0.15) is 0 Å². The zero-order valence-corrected chi connectivity index (χ0v) is 12.7. The number of ether oxygens (including phenoxy) is 1. The summed E-state index contributed by atoms with van der Waals surface area (Å²) in [5.74, 6) is 0. The molecule has 1 saturated heterocycles. The Morgan fingerprint density at radius 1 is 1.47 bits per heavy atom. The lowest BCUT2D eigenvalue weighted by atomic mass is 10.2. The van der Waals surface area contributed by atoms with Crippen LogP contribution in [0.5, 0.6) is 5.19 Å². The van der Waals surface area contributed by atoms with Gasteiger partial charge in [0.2, 0.25) is 0 Å². The number of nitrogens with one attached hydrogen (secondary N) is 1. The van der Waals surface area contributed by atoms with Crippen molar-refractivity contribution in [3.05, 3.63) is 5.01 Å². The summed E-state index contributed by atoms with van der Waals surface area (Å²) in [4.78, 5) is 2.42. The van der Waals surface area contributed by atoms with E-state index in [1.54, 1.807) is 11.3 Å². The Morgan fingerprint density at radius 3 is 3.11 bits per heavy atom. The molecule has 0 aromatic carbocycles. The molecule has 0 saturated carbocycles. The van der Waals surface area contributed by atoms with Crippen LogP contribution in [0.25, 0.3) is 0 Å². The lowest BCUT2D eigenvalue weighted by Gasteiger charge is -2.18. The first kappa shape index (κ1) is 14.7. The van der Waals surface area contributed by atoms with Gasteiger partial charge in [-0.3, -0.25) is 0 Å². The Morgan fingerprint density at radius 2 is 2.37 bits per heavy atom. The van der Waals surface area contributed by atoms with Crippen molar-refractivity contribution < 1.29 is 4.74 Å². The fourth-order valence-electron chi connectivity index (χ4n) is 2.37. The van der Waals surface area contributed by atoms with Crippen LogP contribution in [-0.4, -0.2) is 47.9 Å². The molecule has 1 atom stereocenters. The highest BCUT2D eigenvalue weighted by atomic mass is 32.1. The Bertz CT molecular complexity index is 371. The van der Waals surface area contributed by atoms with Gasteiger partial charge in [0.1, 0.15) is 5.01 Å². The third kappa shape index (κ3) is 4.71. The van der Waals surface area contributed by atoms with Crippen molar-refractivity contribution in [3.8, 4) is 5.19 Å². The number of likely N-dealkylation sites (tertiary alicyclic amines) is 1. The Hall–Kier alpha value is -0.720. The summed E-state index contributed by atoms with van der Waals surface area (Å²) >= 11 is 1.55. The third-order valence-electron chi connectivity index (χ3n) is 3.50. The number of rotatable bonds is 8. The standard InChI is InChI=1S/C13H24N4OS/c1-3-7-14-10-12-15-16-13(19-12)18-9-6-11-5-4-8-17(11)2/h11,14H,3-10H2,1-2H3. The van der Waals surface area contributed by atoms with Crippen molar-refractivity contribution in [2.45, 2.75) is 45.2 Å². The lowest BCUT2D eigenvalue weighted by molar-refractivity contribution is 0.232. The summed E-state index contributed by atoms with van der Waals surface area (Å²) < 4.78 is 5.69. The number of hydrogen-bond acceptors (Lipinski definition) is 6. The van der Waals surface area contributed by atoms with Crippen LogP contribution >= 0.6 is 11.3 Å². The maximum atomic E-state index is 5.69. The molecule has 1 aliphatic rings. The molecular formula is C13H24N4OS. The highest BCUT2D eigenvalue weighted by Gasteiger charge is 2.20. The summed E-state index contributed by atoms with van der Waals surface area (Å²) in [6, 6.07) is 0.679. The molecule has 1 aromatic rings. The van der Waals surface area contributed by atoms with Gasteiger partial charge in [-0.15, -0.1) is 10.2 Å². The van der Waals surface area contributed by atoms with Gasteiger partial charge in [0.05, 0.1) is 6.61 Å². The maximum absolute atomic E-state index is 5.69. The normalized spacial score (nSPS) is 20.0. The maximum Gasteiger partial charge on any atom is 0.294 e. The smallest absolute Gasteiger partial charge is 0.294 e. The van der Waals surface area contributed by atoms with Crippen LogP contribution < -0.4 is 10.1 Å². The van der Waals surface area contributed by atoms with Gasteiger partial charge in [0, 0.05) is 12.6 Å². The van der Waals surface area contributed by atoms with E-state index in [1.165, 1.54) is 19.4 Å². The van der Waals surface area contributed by atoms with Crippen molar-refractivity contribution in [2.75, 3.05) is 26.7 Å². The predicted octanol–water partition coefficient (Wildman–Crippen LogP) is 1.90. The van der Waals surface area contributed by atoms with E-state index in [1.807, 2.05) is 0 Å². The highest BCUT2D eigenvalue weighted by Crippen LogP contribution is 2.20. The van der Waals surface area contributed by atoms with Crippen LogP contribution in [0.2, 0.25) is 0 Å². The molecule has 0 amide bonds. The minimum Gasteiger partial charge on any atom is -0.469 e. The second-order valence-electron chi connectivity index (χ2n) is 5.05. The summed E-state index contributed by atoms with van der Waals surface area (Å²) in [5.41, 5.74) is 0. The molecule has 1 N–H and O–H groups in total. The summed E-state index contributed by atoms with van der Waals surface area (Å²) in [6.45, 7) is 5.93. The molecule has 1 aliphatic heterocycles. The van der Waals surface area contributed by atoms with Crippen LogP contribution in [-0.2, 0) is 6.54 Å². The average molecular weight is 284 g/mol. The minimum absolute atomic E-state index is 0.679. The zero-order valence-electron chi connectivity index (χ0n) is 11.9. The third-order valence-corrected chi connectivity index (χ3v) is 4.34. The minimum atomic E-state index is 0.679. The van der Waals surface area contributed by atoms with Crippen LogP contribution in [0.15, 0.2) is 0 Å². The highest BCUT2D eigenvalue weighted by molar-refractivity contribution is 7.13. The van der Waals surface area contributed by atoms with E-state index in [2.05, 4.69) is 34.4 Å². The van der Waals surface area contributed by atoms with Gasteiger partial charge >= 0.3 is 0 Å². The number of nitrogens with zero attached hydrogens (tertiary/aromatic N) is 3. The molecule has 1 unspecified atom stereocenters. The SMILES string of the molecule is CCCNCc1nnc(OCCC2CCCN2C)s1. The van der Waals surface area contributed by atoms with E-state index in [0.717, 1.165) is 37.5 Å². The molecule has 108 valence electrons. The molecule has 0 aliphatic carbocycles. The first-order valence-electron chi connectivity index (χ1n) is 7.15. The van der Waals surface area contributed by atoms with Crippen LogP contribution in [0.4, 0.5) is 0 Å². The molecule has 0 spiro atoms. The van der Waals surface area contributed by atoms with E-state index in [9.17, 15) is 0 Å².